The van der Waals surface area contributed by atoms with Crippen molar-refractivity contribution in [3.8, 4) is 0 Å². The molecule has 2 atom stereocenters. The van der Waals surface area contributed by atoms with Gasteiger partial charge in [0.2, 0.25) is 0 Å². The summed E-state index contributed by atoms with van der Waals surface area (Å²) in [7, 11) is 0. The fourth-order valence-corrected chi connectivity index (χ4v) is 3.49. The van der Waals surface area contributed by atoms with Gasteiger partial charge in [0.05, 0.1) is 21.4 Å². The maximum Gasteiger partial charge on any atom is 0.144 e. The van der Waals surface area contributed by atoms with Crippen LogP contribution in [0, 0.1) is 5.82 Å². The first-order valence-electron chi connectivity index (χ1n) is 7.04. The van der Waals surface area contributed by atoms with E-state index in [4.69, 9.17) is 23.2 Å². The molecule has 0 N–H and O–H groups in total. The minimum Gasteiger partial charge on any atom is -0.324 e. The summed E-state index contributed by atoms with van der Waals surface area (Å²) >= 11 is 14.0. The molecule has 0 fully saturated rings. The molecule has 0 radical (unpaired) electrons. The first-order valence-corrected chi connectivity index (χ1v) is 9.01. The second-order valence-corrected chi connectivity index (χ2v) is 7.50. The van der Waals surface area contributed by atoms with E-state index in [1.54, 1.807) is 6.07 Å². The third-order valence-corrected chi connectivity index (χ3v) is 4.86. The molecular formula is C15H19Cl2FN2S. The summed E-state index contributed by atoms with van der Waals surface area (Å²) in [4.78, 5) is 4.54. The third-order valence-electron chi connectivity index (χ3n) is 3.44. The monoisotopic (exact) mass is 348 g/mol. The number of thioether (sulfide) groups is 1. The van der Waals surface area contributed by atoms with Crippen molar-refractivity contribution >= 4 is 46.0 Å². The molecule has 0 aliphatic rings. The Bertz CT molecular complexity index is 628. The Morgan fingerprint density at radius 1 is 1.38 bits per heavy atom. The van der Waals surface area contributed by atoms with Gasteiger partial charge in [-0.2, -0.15) is 11.8 Å². The minimum absolute atomic E-state index is 0.0927. The van der Waals surface area contributed by atoms with Gasteiger partial charge in [0, 0.05) is 12.1 Å². The second-order valence-electron chi connectivity index (χ2n) is 5.05. The number of rotatable bonds is 6. The number of hydrogen-bond donors (Lipinski definition) is 0. The maximum atomic E-state index is 13.8. The van der Waals surface area contributed by atoms with Gasteiger partial charge in [0.15, 0.2) is 0 Å². The molecule has 21 heavy (non-hydrogen) atoms. The van der Waals surface area contributed by atoms with Crippen LogP contribution in [0.15, 0.2) is 12.1 Å². The molecule has 6 heteroatoms. The van der Waals surface area contributed by atoms with Crippen LogP contribution in [0.1, 0.15) is 44.4 Å². The highest BCUT2D eigenvalue weighted by molar-refractivity contribution is 7.99. The van der Waals surface area contributed by atoms with Crippen LogP contribution in [0.5, 0.6) is 0 Å². The van der Waals surface area contributed by atoms with Crippen LogP contribution < -0.4 is 0 Å². The van der Waals surface area contributed by atoms with Crippen molar-refractivity contribution in [3.63, 3.8) is 0 Å². The number of alkyl halides is 1. The number of halogens is 3. The zero-order valence-corrected chi connectivity index (χ0v) is 14.7. The average molecular weight is 349 g/mol. The van der Waals surface area contributed by atoms with Crippen molar-refractivity contribution in [1.82, 2.24) is 9.55 Å². The fourth-order valence-electron chi connectivity index (χ4n) is 2.38. The van der Waals surface area contributed by atoms with Gasteiger partial charge < -0.3 is 4.57 Å². The minimum atomic E-state index is -0.422. The highest BCUT2D eigenvalue weighted by atomic mass is 35.5. The van der Waals surface area contributed by atoms with E-state index in [1.807, 2.05) is 23.3 Å². The zero-order chi connectivity index (χ0) is 15.6. The smallest absolute Gasteiger partial charge is 0.144 e. The van der Waals surface area contributed by atoms with Crippen LogP contribution in [-0.2, 0) is 0 Å². The van der Waals surface area contributed by atoms with Crippen LogP contribution in [0.4, 0.5) is 4.39 Å². The lowest BCUT2D eigenvalue weighted by Crippen LogP contribution is -2.11. The average Bonchev–Trinajstić information content (AvgIpc) is 2.78. The summed E-state index contributed by atoms with van der Waals surface area (Å²) in [5, 5.41) is -0.143. The van der Waals surface area contributed by atoms with Crippen LogP contribution in [-0.4, -0.2) is 21.1 Å². The Hall–Kier alpha value is -0.450. The topological polar surface area (TPSA) is 17.8 Å². The Morgan fingerprint density at radius 2 is 2.10 bits per heavy atom. The van der Waals surface area contributed by atoms with Crippen LogP contribution in [0.25, 0.3) is 11.0 Å². The molecule has 0 bridgehead atoms. The van der Waals surface area contributed by atoms with E-state index in [1.165, 1.54) is 6.07 Å². The molecule has 0 spiro atoms. The Kier molecular flexibility index (Phi) is 5.81. The molecule has 1 aromatic carbocycles. The van der Waals surface area contributed by atoms with E-state index < -0.39 is 5.82 Å². The molecule has 2 unspecified atom stereocenters. The van der Waals surface area contributed by atoms with Crippen LogP contribution in [0.2, 0.25) is 5.02 Å². The normalized spacial score (nSPS) is 14.6. The fraction of sp³-hybridized carbons (Fsp3) is 0.533. The molecule has 0 saturated heterocycles. The molecule has 1 heterocycles. The number of nitrogens with zero attached hydrogens (tertiary/aromatic N) is 2. The largest absolute Gasteiger partial charge is 0.324 e. The van der Waals surface area contributed by atoms with Gasteiger partial charge in [0.1, 0.15) is 11.6 Å². The van der Waals surface area contributed by atoms with Gasteiger partial charge >= 0.3 is 0 Å². The lowest BCUT2D eigenvalue weighted by Gasteiger charge is -2.18. The second kappa shape index (κ2) is 7.21. The van der Waals surface area contributed by atoms with Gasteiger partial charge in [0.25, 0.3) is 0 Å². The molecule has 2 rings (SSSR count). The summed E-state index contributed by atoms with van der Waals surface area (Å²) in [6, 6.07) is 3.24. The molecule has 1 aromatic heterocycles. The first kappa shape index (κ1) is 16.9. The van der Waals surface area contributed by atoms with Crippen LogP contribution in [0.3, 0.4) is 0 Å². The van der Waals surface area contributed by atoms with Crippen molar-refractivity contribution in [2.75, 3.05) is 11.5 Å². The Balaban J connectivity index is 2.47. The molecule has 0 aliphatic carbocycles. The summed E-state index contributed by atoms with van der Waals surface area (Å²) in [5.41, 5.74) is 1.45. The molecule has 2 aromatic rings. The number of fused-ring (bicyclic) bond motifs is 1. The molecule has 116 valence electrons. The van der Waals surface area contributed by atoms with Crippen molar-refractivity contribution in [2.24, 2.45) is 0 Å². The Morgan fingerprint density at radius 3 is 2.71 bits per heavy atom. The number of hydrogen-bond acceptors (Lipinski definition) is 2. The number of imidazole rings is 1. The predicted molar refractivity (Wildman–Crippen MR) is 91.3 cm³/mol. The van der Waals surface area contributed by atoms with E-state index >= 15 is 0 Å². The highest BCUT2D eigenvalue weighted by Crippen LogP contribution is 2.32. The first-order chi connectivity index (χ1) is 9.95. The van der Waals surface area contributed by atoms with Gasteiger partial charge in [-0.25, -0.2) is 9.37 Å². The molecular weight excluding hydrogens is 330 g/mol. The standard InChI is InChI=1S/C15H19Cl2FN2S/c1-4-21-6-5-9(2)20-14-8-12(18)11(17)7-13(14)19-15(20)10(3)16/h7-10H,4-6H2,1-3H3. The van der Waals surface area contributed by atoms with E-state index in [0.717, 1.165) is 29.3 Å². The van der Waals surface area contributed by atoms with E-state index in [0.29, 0.717) is 5.52 Å². The summed E-state index contributed by atoms with van der Waals surface area (Å²) in [6.45, 7) is 6.14. The lowest BCUT2D eigenvalue weighted by atomic mass is 10.2. The number of benzene rings is 1. The summed E-state index contributed by atoms with van der Waals surface area (Å²) < 4.78 is 15.8. The van der Waals surface area contributed by atoms with E-state index in [-0.39, 0.29) is 16.4 Å². The summed E-state index contributed by atoms with van der Waals surface area (Å²) in [6.07, 6.45) is 0.991. The summed E-state index contributed by atoms with van der Waals surface area (Å²) in [5.74, 6) is 2.50. The highest BCUT2D eigenvalue weighted by Gasteiger charge is 2.20. The van der Waals surface area contributed by atoms with Crippen molar-refractivity contribution in [2.45, 2.75) is 38.6 Å². The van der Waals surface area contributed by atoms with Crippen molar-refractivity contribution in [1.29, 1.82) is 0 Å². The van der Waals surface area contributed by atoms with Gasteiger partial charge in [-0.15, -0.1) is 11.6 Å². The SMILES string of the molecule is CCSCCC(C)n1c(C(C)Cl)nc2cc(Cl)c(F)cc21. The molecule has 0 aliphatic heterocycles. The predicted octanol–water partition coefficient (Wildman–Crippen LogP) is 5.83. The van der Waals surface area contributed by atoms with Gasteiger partial charge in [-0.1, -0.05) is 18.5 Å². The zero-order valence-electron chi connectivity index (χ0n) is 12.4. The van der Waals surface area contributed by atoms with Crippen molar-refractivity contribution in [3.05, 3.63) is 28.8 Å². The van der Waals surface area contributed by atoms with Gasteiger partial charge in [-0.3, -0.25) is 0 Å². The van der Waals surface area contributed by atoms with E-state index in [9.17, 15) is 4.39 Å². The van der Waals surface area contributed by atoms with Crippen molar-refractivity contribution < 1.29 is 4.39 Å². The Labute approximate surface area is 139 Å². The molecule has 0 saturated carbocycles. The van der Waals surface area contributed by atoms with Gasteiger partial charge in [-0.05, 0) is 37.8 Å². The maximum absolute atomic E-state index is 13.8. The third kappa shape index (κ3) is 3.66. The number of aromatic nitrogens is 2. The van der Waals surface area contributed by atoms with E-state index in [2.05, 4.69) is 18.8 Å². The molecule has 2 nitrogen and oxygen atoms in total. The quantitative estimate of drug-likeness (QED) is 0.482. The van der Waals surface area contributed by atoms with Crippen LogP contribution >= 0.6 is 35.0 Å². The molecule has 0 amide bonds. The lowest BCUT2D eigenvalue weighted by molar-refractivity contribution is 0.524.